The van der Waals surface area contributed by atoms with Crippen LogP contribution in [0, 0.1) is 16.7 Å². The zero-order valence-corrected chi connectivity index (χ0v) is 19.0. The molecular weight excluding hydrogens is 332 g/mol. The van der Waals surface area contributed by atoms with Crippen LogP contribution in [0.3, 0.4) is 0 Å². The summed E-state index contributed by atoms with van der Waals surface area (Å²) >= 11 is 0. The molecule has 0 spiro atoms. The van der Waals surface area contributed by atoms with Gasteiger partial charge in [-0.25, -0.2) is 0 Å². The largest absolute Gasteiger partial charge is 0.464 e. The molecule has 0 N–H and O–H groups in total. The van der Waals surface area contributed by atoms with E-state index < -0.39 is 0 Å². The van der Waals surface area contributed by atoms with Crippen LogP contribution in [0.4, 0.5) is 0 Å². The highest BCUT2D eigenvalue weighted by molar-refractivity contribution is 5.29. The number of hydrogen-bond acceptors (Lipinski definition) is 2. The molecule has 1 aliphatic rings. The van der Waals surface area contributed by atoms with Gasteiger partial charge in [-0.3, -0.25) is 0 Å². The summed E-state index contributed by atoms with van der Waals surface area (Å²) in [6, 6.07) is 8.58. The third-order valence-corrected chi connectivity index (χ3v) is 6.23. The Balaban J connectivity index is 1.98. The zero-order chi connectivity index (χ0) is 20.2. The lowest BCUT2D eigenvalue weighted by molar-refractivity contribution is -0.180. The second-order valence-electron chi connectivity index (χ2n) is 10.7. The van der Waals surface area contributed by atoms with Gasteiger partial charge < -0.3 is 9.47 Å². The highest BCUT2D eigenvalue weighted by atomic mass is 16.7. The Morgan fingerprint density at radius 2 is 1.48 bits per heavy atom. The smallest absolute Gasteiger partial charge is 0.204 e. The van der Waals surface area contributed by atoms with E-state index in [9.17, 15) is 0 Å². The van der Waals surface area contributed by atoms with E-state index in [1.54, 1.807) is 0 Å². The average molecular weight is 375 g/mol. The van der Waals surface area contributed by atoms with E-state index in [4.69, 9.17) is 9.47 Å². The molecule has 2 nitrogen and oxygen atoms in total. The van der Waals surface area contributed by atoms with Gasteiger partial charge in [-0.2, -0.15) is 0 Å². The van der Waals surface area contributed by atoms with Gasteiger partial charge in [0, 0.05) is 5.41 Å². The van der Waals surface area contributed by atoms with Gasteiger partial charge in [-0.05, 0) is 67.1 Å². The van der Waals surface area contributed by atoms with Gasteiger partial charge in [0.1, 0.15) is 5.75 Å². The van der Waals surface area contributed by atoms with Crippen molar-refractivity contribution in [3.63, 3.8) is 0 Å². The minimum Gasteiger partial charge on any atom is -0.464 e. The van der Waals surface area contributed by atoms with Gasteiger partial charge in [0.15, 0.2) is 0 Å². The molecule has 2 heteroatoms. The van der Waals surface area contributed by atoms with Gasteiger partial charge in [-0.1, -0.05) is 67.5 Å². The summed E-state index contributed by atoms with van der Waals surface area (Å²) in [7, 11) is 0. The van der Waals surface area contributed by atoms with Crippen LogP contribution >= 0.6 is 0 Å². The predicted octanol–water partition coefficient (Wildman–Crippen LogP) is 7.57. The monoisotopic (exact) mass is 374 g/mol. The van der Waals surface area contributed by atoms with Crippen LogP contribution in [-0.4, -0.2) is 12.4 Å². The fourth-order valence-corrected chi connectivity index (χ4v) is 3.88. The minimum atomic E-state index is -0.219. The molecule has 1 fully saturated rings. The molecule has 0 bridgehead atoms. The third kappa shape index (κ3) is 6.52. The summed E-state index contributed by atoms with van der Waals surface area (Å²) in [5, 5.41) is 0. The lowest BCUT2D eigenvalue weighted by atomic mass is 9.72. The quantitative estimate of drug-likeness (QED) is 0.478. The van der Waals surface area contributed by atoms with Crippen molar-refractivity contribution in [2.45, 2.75) is 106 Å². The van der Waals surface area contributed by atoms with Crippen molar-refractivity contribution in [2.24, 2.45) is 16.7 Å². The van der Waals surface area contributed by atoms with Crippen LogP contribution in [0.1, 0.15) is 99.0 Å². The van der Waals surface area contributed by atoms with E-state index in [-0.39, 0.29) is 11.7 Å². The van der Waals surface area contributed by atoms with E-state index in [1.165, 1.54) is 18.4 Å². The molecule has 0 amide bonds. The molecule has 1 aliphatic carbocycles. The summed E-state index contributed by atoms with van der Waals surface area (Å²) in [4.78, 5) is 0. The molecule has 2 rings (SSSR count). The van der Waals surface area contributed by atoms with Crippen molar-refractivity contribution in [2.75, 3.05) is 0 Å². The zero-order valence-electron chi connectivity index (χ0n) is 19.0. The lowest BCUT2D eigenvalue weighted by Crippen LogP contribution is -2.40. The SMILES string of the molecule is CCC(C)c1ccc(OC(OC2CCC(C(C)(C)C)CC2)C(C)(C)C)cc1. The third-order valence-electron chi connectivity index (χ3n) is 6.23. The highest BCUT2D eigenvalue weighted by Crippen LogP contribution is 2.39. The Labute approximate surface area is 168 Å². The summed E-state index contributed by atoms with van der Waals surface area (Å²) in [5.41, 5.74) is 1.72. The average Bonchev–Trinajstić information content (AvgIpc) is 2.60. The van der Waals surface area contributed by atoms with Crippen LogP contribution < -0.4 is 4.74 Å². The lowest BCUT2D eigenvalue weighted by Gasteiger charge is -2.40. The molecule has 0 heterocycles. The number of rotatable bonds is 6. The summed E-state index contributed by atoms with van der Waals surface area (Å²) in [5.74, 6) is 2.30. The molecule has 27 heavy (non-hydrogen) atoms. The van der Waals surface area contributed by atoms with Crippen molar-refractivity contribution >= 4 is 0 Å². The van der Waals surface area contributed by atoms with Crippen LogP contribution in [0.25, 0.3) is 0 Å². The fraction of sp³-hybridized carbons (Fsp3) is 0.760. The maximum absolute atomic E-state index is 6.50. The van der Waals surface area contributed by atoms with Crippen molar-refractivity contribution in [3.8, 4) is 5.75 Å². The summed E-state index contributed by atoms with van der Waals surface area (Å²) < 4.78 is 12.8. The Kier molecular flexibility index (Phi) is 7.41. The molecule has 1 saturated carbocycles. The molecule has 1 aromatic carbocycles. The molecule has 0 saturated heterocycles. The second kappa shape index (κ2) is 8.99. The molecule has 154 valence electrons. The van der Waals surface area contributed by atoms with Gasteiger partial charge >= 0.3 is 0 Å². The van der Waals surface area contributed by atoms with Gasteiger partial charge in [0.25, 0.3) is 0 Å². The van der Waals surface area contributed by atoms with Crippen LogP contribution in [0.5, 0.6) is 5.75 Å². The van der Waals surface area contributed by atoms with Crippen LogP contribution in [0.2, 0.25) is 0 Å². The molecule has 0 radical (unpaired) electrons. The normalized spacial score (nSPS) is 23.7. The molecule has 2 unspecified atom stereocenters. The first kappa shape index (κ1) is 22.3. The van der Waals surface area contributed by atoms with E-state index in [1.807, 2.05) is 0 Å². The van der Waals surface area contributed by atoms with Gasteiger partial charge in [0.05, 0.1) is 6.10 Å². The standard InChI is InChI=1S/C25H42O2/c1-9-18(2)19-10-14-21(15-11-19)26-23(25(6,7)8)27-22-16-12-20(13-17-22)24(3,4)5/h10-11,14-15,18,20,22-23H,9,12-13,16-17H2,1-8H3. The first-order valence-corrected chi connectivity index (χ1v) is 10.9. The summed E-state index contributed by atoms with van der Waals surface area (Å²) in [6.07, 6.45) is 6.06. The molecule has 0 aliphatic heterocycles. The van der Waals surface area contributed by atoms with E-state index in [0.29, 0.717) is 17.4 Å². The first-order chi connectivity index (χ1) is 12.5. The maximum Gasteiger partial charge on any atom is 0.204 e. The minimum absolute atomic E-state index is 0.0593. The highest BCUT2D eigenvalue weighted by Gasteiger charge is 2.34. The predicted molar refractivity (Wildman–Crippen MR) is 115 cm³/mol. The molecular formula is C25H42O2. The number of ether oxygens (including phenoxy) is 2. The molecule has 1 aromatic rings. The van der Waals surface area contributed by atoms with E-state index in [2.05, 4.69) is 79.7 Å². The van der Waals surface area contributed by atoms with Gasteiger partial charge in [-0.15, -0.1) is 0 Å². The van der Waals surface area contributed by atoms with Crippen LogP contribution in [-0.2, 0) is 4.74 Å². The topological polar surface area (TPSA) is 18.5 Å². The first-order valence-electron chi connectivity index (χ1n) is 10.9. The number of hydrogen-bond donors (Lipinski definition) is 0. The van der Waals surface area contributed by atoms with E-state index >= 15 is 0 Å². The summed E-state index contributed by atoms with van der Waals surface area (Å²) in [6.45, 7) is 18.2. The second-order valence-corrected chi connectivity index (χ2v) is 10.7. The van der Waals surface area contributed by atoms with Crippen molar-refractivity contribution in [1.29, 1.82) is 0 Å². The Morgan fingerprint density at radius 3 is 1.93 bits per heavy atom. The van der Waals surface area contributed by atoms with Crippen LogP contribution in [0.15, 0.2) is 24.3 Å². The van der Waals surface area contributed by atoms with Crippen molar-refractivity contribution in [1.82, 2.24) is 0 Å². The Bertz CT molecular complexity index is 553. The van der Waals surface area contributed by atoms with E-state index in [0.717, 1.165) is 30.9 Å². The van der Waals surface area contributed by atoms with Crippen molar-refractivity contribution in [3.05, 3.63) is 29.8 Å². The van der Waals surface area contributed by atoms with Crippen molar-refractivity contribution < 1.29 is 9.47 Å². The van der Waals surface area contributed by atoms with Gasteiger partial charge in [0.2, 0.25) is 6.29 Å². The maximum atomic E-state index is 6.50. The number of benzene rings is 1. The Hall–Kier alpha value is -1.02. The fourth-order valence-electron chi connectivity index (χ4n) is 3.88. The molecule has 2 atom stereocenters. The Morgan fingerprint density at radius 1 is 0.926 bits per heavy atom. The molecule has 0 aromatic heterocycles.